The molecule has 1 amide bonds. The Labute approximate surface area is 160 Å². The minimum Gasteiger partial charge on any atom is -0.508 e. The predicted octanol–water partition coefficient (Wildman–Crippen LogP) is 4.21. The van der Waals surface area contributed by atoms with Gasteiger partial charge in [0, 0.05) is 34.2 Å². The smallest absolute Gasteiger partial charge is 0.404 e. The zero-order valence-electron chi connectivity index (χ0n) is 15.1. The van der Waals surface area contributed by atoms with E-state index in [4.69, 9.17) is 5.11 Å². The molecule has 140 valence electrons. The number of phenols is 1. The van der Waals surface area contributed by atoms with Crippen LogP contribution in [0.2, 0.25) is 0 Å². The summed E-state index contributed by atoms with van der Waals surface area (Å²) >= 11 is 0. The lowest BCUT2D eigenvalue weighted by Crippen LogP contribution is -2.38. The highest BCUT2D eigenvalue weighted by molar-refractivity contribution is 6.08. The number of benzene rings is 2. The van der Waals surface area contributed by atoms with E-state index in [1.807, 2.05) is 30.5 Å². The van der Waals surface area contributed by atoms with E-state index in [0.717, 1.165) is 46.1 Å². The van der Waals surface area contributed by atoms with E-state index in [1.165, 1.54) is 10.9 Å². The van der Waals surface area contributed by atoms with Crippen molar-refractivity contribution in [1.82, 2.24) is 15.3 Å². The Bertz CT molecular complexity index is 1210. The van der Waals surface area contributed by atoms with Crippen molar-refractivity contribution in [3.05, 3.63) is 59.8 Å². The van der Waals surface area contributed by atoms with Gasteiger partial charge in [-0.3, -0.25) is 4.98 Å². The number of H-pyrrole nitrogens is 1. The van der Waals surface area contributed by atoms with Crippen molar-refractivity contribution in [2.24, 2.45) is 0 Å². The molecule has 4 aromatic rings. The summed E-state index contributed by atoms with van der Waals surface area (Å²) in [6, 6.07) is 13.1. The molecule has 1 aliphatic carbocycles. The zero-order chi connectivity index (χ0) is 19.3. The SMILES string of the molecule is O=C(O)NC1CCc2c(c(-c3ccc(O)cc3)[nH]c3ccc4nccc4c23)C1. The molecule has 2 heterocycles. The first kappa shape index (κ1) is 16.6. The van der Waals surface area contributed by atoms with E-state index in [0.29, 0.717) is 6.42 Å². The van der Waals surface area contributed by atoms with E-state index in [9.17, 15) is 9.90 Å². The van der Waals surface area contributed by atoms with E-state index in [-0.39, 0.29) is 11.8 Å². The molecule has 0 aliphatic heterocycles. The molecule has 1 unspecified atom stereocenters. The minimum absolute atomic E-state index is 0.122. The molecule has 0 saturated heterocycles. The van der Waals surface area contributed by atoms with Gasteiger partial charge in [-0.2, -0.15) is 0 Å². The number of hydrogen-bond acceptors (Lipinski definition) is 3. The quantitative estimate of drug-likeness (QED) is 0.423. The summed E-state index contributed by atoms with van der Waals surface area (Å²) in [5.41, 5.74) is 6.31. The first-order chi connectivity index (χ1) is 13.6. The number of aromatic amines is 1. The highest BCUT2D eigenvalue weighted by Gasteiger charge is 2.26. The molecule has 6 nitrogen and oxygen atoms in total. The highest BCUT2D eigenvalue weighted by atomic mass is 16.4. The molecule has 2 aromatic carbocycles. The molecule has 2 aromatic heterocycles. The molecule has 0 bridgehead atoms. The number of carboxylic acid groups (broad SMARTS) is 1. The van der Waals surface area contributed by atoms with Gasteiger partial charge < -0.3 is 20.5 Å². The number of aromatic nitrogens is 2. The molecule has 0 fully saturated rings. The highest BCUT2D eigenvalue weighted by Crippen LogP contribution is 2.38. The summed E-state index contributed by atoms with van der Waals surface area (Å²) in [7, 11) is 0. The Kier molecular flexibility index (Phi) is 3.72. The maximum absolute atomic E-state index is 11.2. The fourth-order valence-corrected chi connectivity index (χ4v) is 4.36. The maximum Gasteiger partial charge on any atom is 0.404 e. The van der Waals surface area contributed by atoms with E-state index < -0.39 is 6.09 Å². The van der Waals surface area contributed by atoms with Gasteiger partial charge in [0.25, 0.3) is 0 Å². The average Bonchev–Trinajstić information content (AvgIpc) is 3.16. The van der Waals surface area contributed by atoms with Crippen LogP contribution < -0.4 is 5.32 Å². The van der Waals surface area contributed by atoms with Crippen LogP contribution in [0.5, 0.6) is 5.75 Å². The Hall–Kier alpha value is -3.54. The Balaban J connectivity index is 1.78. The lowest BCUT2D eigenvalue weighted by Gasteiger charge is -2.28. The van der Waals surface area contributed by atoms with Crippen LogP contribution in [-0.4, -0.2) is 32.3 Å². The van der Waals surface area contributed by atoms with Gasteiger partial charge in [-0.15, -0.1) is 0 Å². The third-order valence-corrected chi connectivity index (χ3v) is 5.58. The van der Waals surface area contributed by atoms with Crippen molar-refractivity contribution in [3.8, 4) is 17.0 Å². The topological polar surface area (TPSA) is 98.2 Å². The van der Waals surface area contributed by atoms with Crippen molar-refractivity contribution < 1.29 is 15.0 Å². The summed E-state index contributed by atoms with van der Waals surface area (Å²) < 4.78 is 0. The molecule has 1 atom stereocenters. The van der Waals surface area contributed by atoms with Crippen LogP contribution in [0.1, 0.15) is 17.5 Å². The maximum atomic E-state index is 11.2. The van der Waals surface area contributed by atoms with Crippen molar-refractivity contribution >= 4 is 27.9 Å². The Morgan fingerprint density at radius 1 is 1.11 bits per heavy atom. The van der Waals surface area contributed by atoms with E-state index in [2.05, 4.69) is 21.4 Å². The average molecular weight is 373 g/mol. The molecule has 0 spiro atoms. The number of pyridine rings is 1. The second kappa shape index (κ2) is 6.27. The van der Waals surface area contributed by atoms with Crippen molar-refractivity contribution in [2.45, 2.75) is 25.3 Å². The van der Waals surface area contributed by atoms with Crippen LogP contribution >= 0.6 is 0 Å². The zero-order valence-corrected chi connectivity index (χ0v) is 15.1. The number of nitrogens with zero attached hydrogens (tertiary/aromatic N) is 1. The number of nitrogens with one attached hydrogen (secondary N) is 2. The van der Waals surface area contributed by atoms with Gasteiger partial charge in [-0.05, 0) is 78.4 Å². The summed E-state index contributed by atoms with van der Waals surface area (Å²) in [4.78, 5) is 19.2. The number of amides is 1. The second-order valence-electron chi connectivity index (χ2n) is 7.26. The molecule has 0 radical (unpaired) electrons. The first-order valence-electron chi connectivity index (χ1n) is 9.30. The van der Waals surface area contributed by atoms with Crippen molar-refractivity contribution in [2.75, 3.05) is 0 Å². The molecule has 1 aliphatic rings. The molecular weight excluding hydrogens is 354 g/mol. The number of aromatic hydroxyl groups is 1. The van der Waals surface area contributed by atoms with Gasteiger partial charge in [0.05, 0.1) is 5.52 Å². The van der Waals surface area contributed by atoms with Gasteiger partial charge >= 0.3 is 6.09 Å². The van der Waals surface area contributed by atoms with Crippen LogP contribution in [-0.2, 0) is 12.8 Å². The summed E-state index contributed by atoms with van der Waals surface area (Å²) in [5, 5.41) is 23.7. The Morgan fingerprint density at radius 3 is 2.71 bits per heavy atom. The van der Waals surface area contributed by atoms with Crippen LogP contribution in [0.4, 0.5) is 4.79 Å². The molecule has 0 saturated carbocycles. The molecule has 6 heteroatoms. The lowest BCUT2D eigenvalue weighted by atomic mass is 9.83. The van der Waals surface area contributed by atoms with Crippen molar-refractivity contribution in [3.63, 3.8) is 0 Å². The van der Waals surface area contributed by atoms with Crippen molar-refractivity contribution in [1.29, 1.82) is 0 Å². The van der Waals surface area contributed by atoms with Crippen LogP contribution in [0.25, 0.3) is 33.1 Å². The second-order valence-corrected chi connectivity index (χ2v) is 7.26. The fourth-order valence-electron chi connectivity index (χ4n) is 4.36. The Morgan fingerprint density at radius 2 is 1.93 bits per heavy atom. The van der Waals surface area contributed by atoms with Gasteiger partial charge in [0.1, 0.15) is 5.75 Å². The minimum atomic E-state index is -0.993. The lowest BCUT2D eigenvalue weighted by molar-refractivity contribution is 0.188. The third-order valence-electron chi connectivity index (χ3n) is 5.58. The van der Waals surface area contributed by atoms with Gasteiger partial charge in [-0.1, -0.05) is 0 Å². The number of rotatable bonds is 2. The summed E-state index contributed by atoms with van der Waals surface area (Å²) in [6.45, 7) is 0. The molecule has 28 heavy (non-hydrogen) atoms. The first-order valence-corrected chi connectivity index (χ1v) is 9.30. The molecular formula is C22H19N3O3. The summed E-state index contributed by atoms with van der Waals surface area (Å²) in [5.74, 6) is 0.216. The van der Waals surface area contributed by atoms with Gasteiger partial charge in [0.2, 0.25) is 0 Å². The van der Waals surface area contributed by atoms with E-state index in [1.54, 1.807) is 12.1 Å². The van der Waals surface area contributed by atoms with Crippen LogP contribution in [0, 0.1) is 0 Å². The predicted molar refractivity (Wildman–Crippen MR) is 108 cm³/mol. The van der Waals surface area contributed by atoms with E-state index >= 15 is 0 Å². The third kappa shape index (κ3) is 2.65. The van der Waals surface area contributed by atoms with Crippen LogP contribution in [0.15, 0.2) is 48.7 Å². The van der Waals surface area contributed by atoms with Crippen LogP contribution in [0.3, 0.4) is 0 Å². The monoisotopic (exact) mass is 373 g/mol. The number of carbonyl (C=O) groups is 1. The number of phenolic OH excluding ortho intramolecular Hbond substituents is 1. The standard InChI is InChI=1S/C22H19N3O3/c26-14-4-1-12(2-5-14)21-17-11-13(24-22(27)28)3-6-15(17)20-16-9-10-23-18(16)7-8-19(20)25-21/h1-2,4-5,7-10,13,24-26H,3,6,11H2,(H,27,28). The normalized spacial score (nSPS) is 16.2. The number of fused-ring (bicyclic) bond motifs is 5. The van der Waals surface area contributed by atoms with Gasteiger partial charge in [-0.25, -0.2) is 4.79 Å². The van der Waals surface area contributed by atoms with Gasteiger partial charge in [0.15, 0.2) is 0 Å². The number of aryl methyl sites for hydroxylation is 1. The molecule has 5 rings (SSSR count). The largest absolute Gasteiger partial charge is 0.508 e. The summed E-state index contributed by atoms with van der Waals surface area (Å²) in [6.07, 6.45) is 3.00. The number of hydrogen-bond donors (Lipinski definition) is 4. The molecule has 4 N–H and O–H groups in total. The fraction of sp³-hybridized carbons (Fsp3) is 0.182.